The molecule has 0 radical (unpaired) electrons. The number of thiazole rings is 1. The highest BCUT2D eigenvalue weighted by Crippen LogP contribution is 2.34. The second kappa shape index (κ2) is 6.21. The number of hydrogen-bond donors (Lipinski definition) is 3. The highest BCUT2D eigenvalue weighted by molar-refractivity contribution is 7.11. The van der Waals surface area contributed by atoms with E-state index in [0.717, 1.165) is 30.7 Å². The number of nitrogens with one attached hydrogen (secondary N) is 2. The van der Waals surface area contributed by atoms with Crippen molar-refractivity contribution in [3.05, 3.63) is 16.1 Å². The molecule has 1 saturated carbocycles. The number of aliphatic carboxylic acids is 1. The lowest BCUT2D eigenvalue weighted by Crippen LogP contribution is -2.57. The van der Waals surface area contributed by atoms with E-state index in [2.05, 4.69) is 22.5 Å². The van der Waals surface area contributed by atoms with Crippen LogP contribution in [0.4, 0.5) is 4.79 Å². The lowest BCUT2D eigenvalue weighted by atomic mass is 9.74. The van der Waals surface area contributed by atoms with Gasteiger partial charge in [0.05, 0.1) is 18.5 Å². The van der Waals surface area contributed by atoms with Crippen LogP contribution in [0.1, 0.15) is 42.5 Å². The van der Waals surface area contributed by atoms with Crippen molar-refractivity contribution >= 4 is 23.3 Å². The fourth-order valence-electron chi connectivity index (χ4n) is 2.27. The van der Waals surface area contributed by atoms with Gasteiger partial charge in [0.1, 0.15) is 5.01 Å². The Labute approximate surface area is 121 Å². The number of carbonyl (C=O) groups is 2. The molecule has 7 heteroatoms. The van der Waals surface area contributed by atoms with Crippen molar-refractivity contribution in [2.24, 2.45) is 0 Å². The SMILES string of the molecule is CCc1cnc(CNC(=O)NC2(CC(=O)O)CCC2)s1. The molecule has 20 heavy (non-hydrogen) atoms. The summed E-state index contributed by atoms with van der Waals surface area (Å²) in [5.41, 5.74) is -0.562. The third-order valence-corrected chi connectivity index (χ3v) is 4.67. The van der Waals surface area contributed by atoms with E-state index >= 15 is 0 Å². The Hall–Kier alpha value is -1.63. The summed E-state index contributed by atoms with van der Waals surface area (Å²) in [5, 5.41) is 15.3. The molecule has 2 amide bonds. The Balaban J connectivity index is 1.81. The highest BCUT2D eigenvalue weighted by Gasteiger charge is 2.40. The van der Waals surface area contributed by atoms with E-state index in [-0.39, 0.29) is 12.5 Å². The molecule has 1 aliphatic rings. The zero-order valence-corrected chi connectivity index (χ0v) is 12.3. The number of carboxylic acid groups (broad SMARTS) is 1. The van der Waals surface area contributed by atoms with Gasteiger partial charge in [-0.15, -0.1) is 11.3 Å². The van der Waals surface area contributed by atoms with Crippen LogP contribution in [0.15, 0.2) is 6.20 Å². The highest BCUT2D eigenvalue weighted by atomic mass is 32.1. The summed E-state index contributed by atoms with van der Waals surface area (Å²) in [6, 6.07) is -0.320. The molecule has 110 valence electrons. The monoisotopic (exact) mass is 297 g/mol. The van der Waals surface area contributed by atoms with Crippen molar-refractivity contribution in [2.45, 2.75) is 51.1 Å². The van der Waals surface area contributed by atoms with Crippen LogP contribution in [0.2, 0.25) is 0 Å². The lowest BCUT2D eigenvalue weighted by molar-refractivity contribution is -0.139. The molecule has 1 aliphatic carbocycles. The van der Waals surface area contributed by atoms with Crippen LogP contribution in [0.5, 0.6) is 0 Å². The van der Waals surface area contributed by atoms with Gasteiger partial charge >= 0.3 is 12.0 Å². The molecule has 0 bridgehead atoms. The van der Waals surface area contributed by atoms with Gasteiger partial charge in [-0.3, -0.25) is 4.79 Å². The molecular weight excluding hydrogens is 278 g/mol. The summed E-state index contributed by atoms with van der Waals surface area (Å²) < 4.78 is 0. The molecular formula is C13H19N3O3S. The van der Waals surface area contributed by atoms with Gasteiger partial charge in [0, 0.05) is 11.1 Å². The molecule has 0 spiro atoms. The van der Waals surface area contributed by atoms with Crippen LogP contribution in [0.25, 0.3) is 0 Å². The number of amides is 2. The van der Waals surface area contributed by atoms with Crippen LogP contribution in [0.3, 0.4) is 0 Å². The fraction of sp³-hybridized carbons (Fsp3) is 0.615. The summed E-state index contributed by atoms with van der Waals surface area (Å²) in [5.74, 6) is -0.877. The topological polar surface area (TPSA) is 91.3 Å². The number of hydrogen-bond acceptors (Lipinski definition) is 4. The maximum absolute atomic E-state index is 11.8. The molecule has 2 rings (SSSR count). The molecule has 0 unspecified atom stereocenters. The standard InChI is InChI=1S/C13H19N3O3S/c1-2-9-7-14-10(20-9)8-15-12(19)16-13(4-3-5-13)6-11(17)18/h7H,2-6,8H2,1H3,(H,17,18)(H2,15,16,19). The van der Waals surface area contributed by atoms with E-state index in [9.17, 15) is 9.59 Å². The van der Waals surface area contributed by atoms with E-state index in [1.54, 1.807) is 11.3 Å². The van der Waals surface area contributed by atoms with E-state index in [4.69, 9.17) is 5.11 Å². The first-order chi connectivity index (χ1) is 9.53. The number of carboxylic acids is 1. The number of carbonyl (C=O) groups excluding carboxylic acids is 1. The van der Waals surface area contributed by atoms with Gasteiger partial charge in [-0.25, -0.2) is 9.78 Å². The second-order valence-electron chi connectivity index (χ2n) is 5.09. The maximum atomic E-state index is 11.8. The molecule has 0 atom stereocenters. The van der Waals surface area contributed by atoms with Crippen molar-refractivity contribution < 1.29 is 14.7 Å². The minimum Gasteiger partial charge on any atom is -0.481 e. The largest absolute Gasteiger partial charge is 0.481 e. The van der Waals surface area contributed by atoms with E-state index in [1.165, 1.54) is 4.88 Å². The third kappa shape index (κ3) is 3.69. The van der Waals surface area contributed by atoms with Gasteiger partial charge in [0.15, 0.2) is 0 Å². The minimum absolute atomic E-state index is 0.0162. The summed E-state index contributed by atoms with van der Waals surface area (Å²) in [7, 11) is 0. The predicted molar refractivity (Wildman–Crippen MR) is 75.7 cm³/mol. The van der Waals surface area contributed by atoms with Gasteiger partial charge in [0.25, 0.3) is 0 Å². The van der Waals surface area contributed by atoms with Gasteiger partial charge in [-0.2, -0.15) is 0 Å². The summed E-state index contributed by atoms with van der Waals surface area (Å²) in [6.07, 6.45) is 5.15. The quantitative estimate of drug-likeness (QED) is 0.748. The molecule has 6 nitrogen and oxygen atoms in total. The number of nitrogens with zero attached hydrogens (tertiary/aromatic N) is 1. The van der Waals surface area contributed by atoms with Gasteiger partial charge in [-0.05, 0) is 25.7 Å². The van der Waals surface area contributed by atoms with E-state index < -0.39 is 11.5 Å². The van der Waals surface area contributed by atoms with E-state index in [1.807, 2.05) is 6.20 Å². The van der Waals surface area contributed by atoms with Gasteiger partial charge in [-0.1, -0.05) is 6.92 Å². The Morgan fingerprint density at radius 3 is 2.75 bits per heavy atom. The first-order valence-electron chi connectivity index (χ1n) is 6.74. The van der Waals surface area contributed by atoms with Crippen molar-refractivity contribution in [2.75, 3.05) is 0 Å². The Kier molecular flexibility index (Phi) is 4.59. The predicted octanol–water partition coefficient (Wildman–Crippen LogP) is 1.90. The normalized spacial score (nSPS) is 16.2. The van der Waals surface area contributed by atoms with Gasteiger partial charge in [0.2, 0.25) is 0 Å². The minimum atomic E-state index is -0.877. The molecule has 1 aromatic heterocycles. The van der Waals surface area contributed by atoms with Crippen LogP contribution < -0.4 is 10.6 Å². The summed E-state index contributed by atoms with van der Waals surface area (Å²) >= 11 is 1.58. The zero-order valence-electron chi connectivity index (χ0n) is 11.4. The second-order valence-corrected chi connectivity index (χ2v) is 6.29. The molecule has 3 N–H and O–H groups in total. The van der Waals surface area contributed by atoms with Crippen molar-refractivity contribution in [3.63, 3.8) is 0 Å². The maximum Gasteiger partial charge on any atom is 0.315 e. The summed E-state index contributed by atoms with van der Waals surface area (Å²) in [6.45, 7) is 2.43. The average Bonchev–Trinajstić information content (AvgIpc) is 2.81. The number of rotatable bonds is 6. The van der Waals surface area contributed by atoms with Crippen molar-refractivity contribution in [1.29, 1.82) is 0 Å². The van der Waals surface area contributed by atoms with Crippen LogP contribution >= 0.6 is 11.3 Å². The van der Waals surface area contributed by atoms with Gasteiger partial charge < -0.3 is 15.7 Å². The average molecular weight is 297 g/mol. The molecule has 0 aliphatic heterocycles. The first kappa shape index (κ1) is 14.8. The third-order valence-electron chi connectivity index (χ3n) is 3.53. The Morgan fingerprint density at radius 2 is 2.25 bits per heavy atom. The van der Waals surface area contributed by atoms with Crippen LogP contribution in [-0.4, -0.2) is 27.6 Å². The molecule has 0 saturated heterocycles. The van der Waals surface area contributed by atoms with Crippen molar-refractivity contribution in [3.8, 4) is 0 Å². The van der Waals surface area contributed by atoms with Crippen molar-refractivity contribution in [1.82, 2.24) is 15.6 Å². The van der Waals surface area contributed by atoms with E-state index in [0.29, 0.717) is 6.54 Å². The number of aryl methyl sites for hydroxylation is 1. The zero-order chi connectivity index (χ0) is 14.6. The van der Waals surface area contributed by atoms with Crippen LogP contribution in [-0.2, 0) is 17.8 Å². The molecule has 0 aromatic carbocycles. The molecule has 1 heterocycles. The summed E-state index contributed by atoms with van der Waals surface area (Å²) in [4.78, 5) is 28.1. The fourth-order valence-corrected chi connectivity index (χ4v) is 3.08. The number of aromatic nitrogens is 1. The first-order valence-corrected chi connectivity index (χ1v) is 7.56. The lowest BCUT2D eigenvalue weighted by Gasteiger charge is -2.41. The smallest absolute Gasteiger partial charge is 0.315 e. The number of urea groups is 1. The Bertz CT molecular complexity index is 497. The van der Waals surface area contributed by atoms with Crippen LogP contribution in [0, 0.1) is 0 Å². The molecule has 1 aromatic rings. The Morgan fingerprint density at radius 1 is 1.50 bits per heavy atom. The molecule has 1 fully saturated rings.